The molecule has 1 fully saturated rings. The van der Waals surface area contributed by atoms with Crippen LogP contribution in [-0.2, 0) is 9.59 Å². The second kappa shape index (κ2) is 7.79. The lowest BCUT2D eigenvalue weighted by molar-refractivity contribution is -0.127. The fourth-order valence-corrected chi connectivity index (χ4v) is 3.06. The summed E-state index contributed by atoms with van der Waals surface area (Å²) in [7, 11) is 0. The number of carbonyl (C=O) groups is 2. The number of rotatable bonds is 5. The van der Waals surface area contributed by atoms with E-state index in [1.54, 1.807) is 23.0 Å². The largest absolute Gasteiger partial charge is 0.370 e. The SMILES string of the molecule is NC(=O)CC1CCN(C(=O)/C=C/c2cnn(-c3ccccc3)c2)CC1. The van der Waals surface area contributed by atoms with Gasteiger partial charge in [-0.3, -0.25) is 9.59 Å². The van der Waals surface area contributed by atoms with Crippen molar-refractivity contribution in [2.75, 3.05) is 13.1 Å². The summed E-state index contributed by atoms with van der Waals surface area (Å²) >= 11 is 0. The fourth-order valence-electron chi connectivity index (χ4n) is 3.06. The van der Waals surface area contributed by atoms with Gasteiger partial charge in [0.2, 0.25) is 11.8 Å². The van der Waals surface area contributed by atoms with Crippen molar-refractivity contribution in [2.45, 2.75) is 19.3 Å². The van der Waals surface area contributed by atoms with Crippen LogP contribution in [0.2, 0.25) is 0 Å². The van der Waals surface area contributed by atoms with E-state index >= 15 is 0 Å². The van der Waals surface area contributed by atoms with Gasteiger partial charge in [-0.1, -0.05) is 18.2 Å². The van der Waals surface area contributed by atoms with Crippen LogP contribution >= 0.6 is 0 Å². The molecule has 6 nitrogen and oxygen atoms in total. The molecule has 1 aliphatic rings. The number of nitrogens with zero attached hydrogens (tertiary/aromatic N) is 3. The van der Waals surface area contributed by atoms with Crippen molar-refractivity contribution < 1.29 is 9.59 Å². The van der Waals surface area contributed by atoms with Crippen molar-refractivity contribution in [1.29, 1.82) is 0 Å². The van der Waals surface area contributed by atoms with Gasteiger partial charge in [-0.15, -0.1) is 0 Å². The van der Waals surface area contributed by atoms with Crippen molar-refractivity contribution in [3.8, 4) is 5.69 Å². The number of benzene rings is 1. The number of para-hydroxylation sites is 1. The minimum atomic E-state index is -0.264. The maximum atomic E-state index is 12.3. The average Bonchev–Trinajstić information content (AvgIpc) is 3.10. The van der Waals surface area contributed by atoms with Crippen molar-refractivity contribution in [3.63, 3.8) is 0 Å². The molecule has 1 aromatic heterocycles. The minimum absolute atomic E-state index is 0.00927. The van der Waals surface area contributed by atoms with E-state index in [9.17, 15) is 9.59 Å². The lowest BCUT2D eigenvalue weighted by Gasteiger charge is -2.30. The molecule has 0 bridgehead atoms. The molecular formula is C19H22N4O2. The van der Waals surface area contributed by atoms with Gasteiger partial charge in [-0.05, 0) is 37.0 Å². The molecule has 2 amide bonds. The Kier molecular flexibility index (Phi) is 5.28. The second-order valence-electron chi connectivity index (χ2n) is 6.33. The first-order valence-electron chi connectivity index (χ1n) is 8.47. The minimum Gasteiger partial charge on any atom is -0.370 e. The number of hydrogen-bond acceptors (Lipinski definition) is 3. The standard InChI is InChI=1S/C19H22N4O2/c20-18(24)12-15-8-10-22(11-9-15)19(25)7-6-16-13-21-23(14-16)17-4-2-1-3-5-17/h1-7,13-15H,8-12H2,(H2,20,24)/b7-6+. The van der Waals surface area contributed by atoms with E-state index in [0.717, 1.165) is 24.1 Å². The van der Waals surface area contributed by atoms with Crippen molar-refractivity contribution in [2.24, 2.45) is 11.7 Å². The first-order valence-corrected chi connectivity index (χ1v) is 8.47. The number of nitrogens with two attached hydrogens (primary N) is 1. The van der Waals surface area contributed by atoms with E-state index in [1.807, 2.05) is 41.4 Å². The van der Waals surface area contributed by atoms with Crippen LogP contribution in [0.3, 0.4) is 0 Å². The smallest absolute Gasteiger partial charge is 0.246 e. The normalized spacial score (nSPS) is 15.6. The molecule has 1 aromatic carbocycles. The summed E-state index contributed by atoms with van der Waals surface area (Å²) in [6, 6.07) is 9.82. The summed E-state index contributed by atoms with van der Waals surface area (Å²) in [5.74, 6) is 0.0275. The molecule has 25 heavy (non-hydrogen) atoms. The third-order valence-corrected chi connectivity index (χ3v) is 4.46. The van der Waals surface area contributed by atoms with E-state index in [1.165, 1.54) is 0 Å². The Morgan fingerprint density at radius 3 is 2.60 bits per heavy atom. The molecular weight excluding hydrogens is 316 g/mol. The molecule has 6 heteroatoms. The predicted octanol–water partition coefficient (Wildman–Crippen LogP) is 2.00. The molecule has 0 unspecified atom stereocenters. The van der Waals surface area contributed by atoms with Crippen LogP contribution in [0.1, 0.15) is 24.8 Å². The fraction of sp³-hybridized carbons (Fsp3) is 0.316. The van der Waals surface area contributed by atoms with Gasteiger partial charge < -0.3 is 10.6 Å². The Morgan fingerprint density at radius 2 is 1.92 bits per heavy atom. The molecule has 0 spiro atoms. The van der Waals surface area contributed by atoms with Gasteiger partial charge in [-0.25, -0.2) is 4.68 Å². The molecule has 1 aliphatic heterocycles. The van der Waals surface area contributed by atoms with Gasteiger partial charge in [-0.2, -0.15) is 5.10 Å². The molecule has 2 N–H and O–H groups in total. The molecule has 0 aliphatic carbocycles. The zero-order valence-corrected chi connectivity index (χ0v) is 14.0. The highest BCUT2D eigenvalue weighted by molar-refractivity contribution is 5.91. The molecule has 130 valence electrons. The van der Waals surface area contributed by atoms with Crippen LogP contribution in [-0.4, -0.2) is 39.6 Å². The third-order valence-electron chi connectivity index (χ3n) is 4.46. The topological polar surface area (TPSA) is 81.2 Å². The van der Waals surface area contributed by atoms with Gasteiger partial charge in [0.25, 0.3) is 0 Å². The molecule has 3 rings (SSSR count). The number of hydrogen-bond donors (Lipinski definition) is 1. The number of primary amides is 1. The van der Waals surface area contributed by atoms with Crippen LogP contribution in [0.25, 0.3) is 11.8 Å². The lowest BCUT2D eigenvalue weighted by Crippen LogP contribution is -2.38. The summed E-state index contributed by atoms with van der Waals surface area (Å²) in [5, 5.41) is 4.31. The monoisotopic (exact) mass is 338 g/mol. The Labute approximate surface area is 146 Å². The van der Waals surface area contributed by atoms with Crippen LogP contribution in [0.15, 0.2) is 48.8 Å². The maximum absolute atomic E-state index is 12.3. The number of likely N-dealkylation sites (tertiary alicyclic amines) is 1. The average molecular weight is 338 g/mol. The summed E-state index contributed by atoms with van der Waals surface area (Å²) in [6.45, 7) is 1.34. The molecule has 0 radical (unpaired) electrons. The quantitative estimate of drug-likeness (QED) is 0.847. The number of amides is 2. The predicted molar refractivity (Wildman–Crippen MR) is 95.7 cm³/mol. The van der Waals surface area contributed by atoms with Gasteiger partial charge in [0, 0.05) is 37.3 Å². The third kappa shape index (κ3) is 4.56. The zero-order valence-electron chi connectivity index (χ0n) is 14.0. The maximum Gasteiger partial charge on any atom is 0.246 e. The summed E-state index contributed by atoms with van der Waals surface area (Å²) < 4.78 is 1.78. The van der Waals surface area contributed by atoms with Gasteiger partial charge in [0.05, 0.1) is 11.9 Å². The number of carbonyl (C=O) groups excluding carboxylic acids is 2. The van der Waals surface area contributed by atoms with Crippen LogP contribution in [0.4, 0.5) is 0 Å². The highest BCUT2D eigenvalue weighted by Crippen LogP contribution is 2.20. The Bertz CT molecular complexity index is 759. The summed E-state index contributed by atoms with van der Waals surface area (Å²) in [6.07, 6.45) is 9.05. The van der Waals surface area contributed by atoms with Crippen LogP contribution < -0.4 is 5.73 Å². The number of aromatic nitrogens is 2. The molecule has 2 aromatic rings. The van der Waals surface area contributed by atoms with Crippen molar-refractivity contribution >= 4 is 17.9 Å². The Balaban J connectivity index is 1.55. The van der Waals surface area contributed by atoms with E-state index < -0.39 is 0 Å². The van der Waals surface area contributed by atoms with Gasteiger partial charge in [0.1, 0.15) is 0 Å². The highest BCUT2D eigenvalue weighted by atomic mass is 16.2. The zero-order chi connectivity index (χ0) is 17.6. The first-order chi connectivity index (χ1) is 12.1. The lowest BCUT2D eigenvalue weighted by atomic mass is 9.93. The Morgan fingerprint density at radius 1 is 1.20 bits per heavy atom. The van der Waals surface area contributed by atoms with Crippen LogP contribution in [0.5, 0.6) is 0 Å². The summed E-state index contributed by atoms with van der Waals surface area (Å²) in [5.41, 5.74) is 7.09. The van der Waals surface area contributed by atoms with Gasteiger partial charge in [0.15, 0.2) is 0 Å². The van der Waals surface area contributed by atoms with Crippen molar-refractivity contribution in [1.82, 2.24) is 14.7 Å². The highest BCUT2D eigenvalue weighted by Gasteiger charge is 2.22. The molecule has 0 saturated carbocycles. The van der Waals surface area contributed by atoms with Crippen LogP contribution in [0, 0.1) is 5.92 Å². The van der Waals surface area contributed by atoms with E-state index in [2.05, 4.69) is 5.10 Å². The van der Waals surface area contributed by atoms with Gasteiger partial charge >= 0.3 is 0 Å². The van der Waals surface area contributed by atoms with E-state index in [4.69, 9.17) is 5.73 Å². The number of piperidine rings is 1. The van der Waals surface area contributed by atoms with Crippen molar-refractivity contribution in [3.05, 3.63) is 54.4 Å². The molecule has 2 heterocycles. The summed E-state index contributed by atoms with van der Waals surface area (Å²) in [4.78, 5) is 25.1. The Hall–Kier alpha value is -2.89. The second-order valence-corrected chi connectivity index (χ2v) is 6.33. The molecule has 0 atom stereocenters. The van der Waals surface area contributed by atoms with E-state index in [0.29, 0.717) is 25.4 Å². The molecule has 1 saturated heterocycles. The van der Waals surface area contributed by atoms with E-state index in [-0.39, 0.29) is 11.8 Å². The first kappa shape index (κ1) is 17.0.